The molecule has 0 saturated heterocycles. The Morgan fingerprint density at radius 3 is 1.14 bits per heavy atom. The summed E-state index contributed by atoms with van der Waals surface area (Å²) in [5.74, 6) is 0.870. The van der Waals surface area contributed by atoms with Crippen molar-refractivity contribution in [3.8, 4) is 0 Å². The third-order valence-electron chi connectivity index (χ3n) is 4.26. The summed E-state index contributed by atoms with van der Waals surface area (Å²) in [4.78, 5) is 15.8. The second kappa shape index (κ2) is 14.6. The van der Waals surface area contributed by atoms with E-state index in [1.807, 2.05) is 20.8 Å². The molecule has 0 unspecified atom stereocenters. The van der Waals surface area contributed by atoms with Gasteiger partial charge in [0.25, 0.3) is 0 Å². The fourth-order valence-corrected chi connectivity index (χ4v) is 1.98. The van der Waals surface area contributed by atoms with Crippen LogP contribution in [-0.4, -0.2) is 37.9 Å². The van der Waals surface area contributed by atoms with Crippen molar-refractivity contribution in [3.63, 3.8) is 0 Å². The van der Waals surface area contributed by atoms with Crippen LogP contribution in [0.4, 0.5) is 0 Å². The van der Waals surface area contributed by atoms with Gasteiger partial charge in [-0.3, -0.25) is 9.79 Å². The molecule has 0 bridgehead atoms. The molecule has 0 rings (SSSR count). The van der Waals surface area contributed by atoms with Gasteiger partial charge in [0, 0.05) is 37.0 Å². The molecule has 0 aliphatic heterocycles. The van der Waals surface area contributed by atoms with Crippen LogP contribution >= 0.6 is 0 Å². The van der Waals surface area contributed by atoms with Gasteiger partial charge in [-0.1, -0.05) is 125 Å². The molecule has 1 amide bonds. The van der Waals surface area contributed by atoms with Crippen molar-refractivity contribution in [1.29, 1.82) is 0 Å². The quantitative estimate of drug-likeness (QED) is 0.281. The van der Waals surface area contributed by atoms with E-state index in [1.54, 1.807) is 0 Å². The molecule has 0 aliphatic carbocycles. The SMILES string of the molecule is CC(C)(C)CN=C(N)C(C)(C)C.CC(C)(C)CNC(=O)C(C)(C)C.CC(C)(C)CNCC(C)(C)C. The lowest BCUT2D eigenvalue weighted by Gasteiger charge is -2.24. The second-order valence-corrected chi connectivity index (χ2v) is 16.7. The zero-order valence-corrected chi connectivity index (χ0v) is 27.3. The molecule has 0 radical (unpaired) electrons. The number of hydrogen-bond donors (Lipinski definition) is 3. The molecule has 0 fully saturated rings. The average molecular weight is 499 g/mol. The highest BCUT2D eigenvalue weighted by molar-refractivity contribution is 5.85. The van der Waals surface area contributed by atoms with E-state index in [0.717, 1.165) is 32.0 Å². The van der Waals surface area contributed by atoms with Crippen LogP contribution in [0.2, 0.25) is 0 Å². The Labute approximate surface area is 221 Å². The molecule has 0 heterocycles. The van der Waals surface area contributed by atoms with Gasteiger partial charge in [0.05, 0.1) is 5.84 Å². The van der Waals surface area contributed by atoms with Crippen molar-refractivity contribution >= 4 is 11.7 Å². The maximum atomic E-state index is 11.4. The molecule has 0 aromatic heterocycles. The maximum absolute atomic E-state index is 11.4. The molecule has 0 saturated carbocycles. The number of carbonyl (C=O) groups is 1. The number of amides is 1. The lowest BCUT2D eigenvalue weighted by Crippen LogP contribution is -2.39. The number of aliphatic imine (C=N–C) groups is 1. The van der Waals surface area contributed by atoms with Crippen molar-refractivity contribution < 1.29 is 4.79 Å². The molecule has 0 aromatic carbocycles. The summed E-state index contributed by atoms with van der Waals surface area (Å²) in [7, 11) is 0. The van der Waals surface area contributed by atoms with Crippen molar-refractivity contribution in [2.45, 2.75) is 125 Å². The molecule has 5 heteroatoms. The van der Waals surface area contributed by atoms with E-state index in [2.05, 4.69) is 119 Å². The topological polar surface area (TPSA) is 79.5 Å². The first-order chi connectivity index (χ1) is 15.0. The molecule has 0 aliphatic rings. The predicted octanol–water partition coefficient (Wildman–Crippen LogP) is 7.30. The summed E-state index contributed by atoms with van der Waals surface area (Å²) in [5, 5.41) is 6.39. The van der Waals surface area contributed by atoms with E-state index in [0.29, 0.717) is 10.8 Å². The lowest BCUT2D eigenvalue weighted by molar-refractivity contribution is -0.128. The van der Waals surface area contributed by atoms with Crippen molar-refractivity contribution in [3.05, 3.63) is 0 Å². The number of carbonyl (C=O) groups excluding carboxylic acids is 1. The summed E-state index contributed by atoms with van der Waals surface area (Å²) in [6, 6.07) is 0. The van der Waals surface area contributed by atoms with E-state index in [-0.39, 0.29) is 27.6 Å². The lowest BCUT2D eigenvalue weighted by atomic mass is 9.93. The zero-order chi connectivity index (χ0) is 29.1. The second-order valence-electron chi connectivity index (χ2n) is 16.7. The predicted molar refractivity (Wildman–Crippen MR) is 159 cm³/mol. The van der Waals surface area contributed by atoms with Gasteiger partial charge in [-0.25, -0.2) is 0 Å². The monoisotopic (exact) mass is 499 g/mol. The minimum atomic E-state index is -0.273. The molecule has 212 valence electrons. The van der Waals surface area contributed by atoms with Crippen LogP contribution in [0, 0.1) is 32.5 Å². The van der Waals surface area contributed by atoms with Gasteiger partial charge in [0.1, 0.15) is 0 Å². The number of hydrogen-bond acceptors (Lipinski definition) is 3. The fourth-order valence-electron chi connectivity index (χ4n) is 1.98. The largest absolute Gasteiger partial charge is 0.387 e. The van der Waals surface area contributed by atoms with Crippen molar-refractivity contribution in [1.82, 2.24) is 10.6 Å². The smallest absolute Gasteiger partial charge is 0.225 e. The third-order valence-corrected chi connectivity index (χ3v) is 4.26. The first-order valence-corrected chi connectivity index (χ1v) is 13.3. The Bertz CT molecular complexity index is 594. The number of nitrogens with zero attached hydrogens (tertiary/aromatic N) is 1. The van der Waals surface area contributed by atoms with E-state index in [1.165, 1.54) is 0 Å². The molecule has 4 N–H and O–H groups in total. The first-order valence-electron chi connectivity index (χ1n) is 13.3. The number of nitrogens with two attached hydrogens (primary N) is 1. The number of amidine groups is 1. The third kappa shape index (κ3) is 32.9. The fraction of sp³-hybridized carbons (Fsp3) is 0.933. The van der Waals surface area contributed by atoms with E-state index >= 15 is 0 Å². The molecule has 0 spiro atoms. The molecule has 0 aromatic rings. The minimum Gasteiger partial charge on any atom is -0.387 e. The highest BCUT2D eigenvalue weighted by atomic mass is 16.2. The Hall–Kier alpha value is -1.10. The highest BCUT2D eigenvalue weighted by Gasteiger charge is 2.22. The Morgan fingerprint density at radius 2 is 0.914 bits per heavy atom. The van der Waals surface area contributed by atoms with Crippen LogP contribution in [0.5, 0.6) is 0 Å². The first kappa shape index (κ1) is 38.4. The highest BCUT2D eigenvalue weighted by Crippen LogP contribution is 2.17. The van der Waals surface area contributed by atoms with E-state index in [4.69, 9.17) is 5.73 Å². The number of nitrogens with one attached hydrogen (secondary N) is 2. The standard InChI is InChI=1S/C10H22N2.C10H21NO.C10H23N/c1-9(2,3)7-12-8(11)10(4,5)6;1-9(2,3)7-11-8(12)10(4,5)6;1-9(2,3)7-11-8-10(4,5)6/h7H2,1-6H3,(H2,11,12);7H2,1-6H3,(H,11,12);11H,7-8H2,1-6H3. The van der Waals surface area contributed by atoms with Gasteiger partial charge in [0.2, 0.25) is 5.91 Å². The maximum Gasteiger partial charge on any atom is 0.225 e. The normalized spacial score (nSPS) is 13.8. The van der Waals surface area contributed by atoms with Gasteiger partial charge in [-0.05, 0) is 21.7 Å². The van der Waals surface area contributed by atoms with Crippen LogP contribution in [0.15, 0.2) is 4.99 Å². The molecular weight excluding hydrogens is 432 g/mol. The van der Waals surface area contributed by atoms with Gasteiger partial charge in [-0.15, -0.1) is 0 Å². The van der Waals surface area contributed by atoms with E-state index < -0.39 is 0 Å². The molecule has 35 heavy (non-hydrogen) atoms. The van der Waals surface area contributed by atoms with Crippen molar-refractivity contribution in [2.75, 3.05) is 26.2 Å². The summed E-state index contributed by atoms with van der Waals surface area (Å²) in [5.41, 5.74) is 6.76. The van der Waals surface area contributed by atoms with Crippen LogP contribution < -0.4 is 16.4 Å². The summed E-state index contributed by atoms with van der Waals surface area (Å²) < 4.78 is 0. The van der Waals surface area contributed by atoms with Crippen LogP contribution in [0.25, 0.3) is 0 Å². The Balaban J connectivity index is -0.000000439. The van der Waals surface area contributed by atoms with Crippen LogP contribution in [0.1, 0.15) is 125 Å². The molecular formula is C30H66N4O. The summed E-state index contributed by atoms with van der Waals surface area (Å²) in [6.45, 7) is 42.1. The average Bonchev–Trinajstić information content (AvgIpc) is 2.53. The Kier molecular flexibility index (Phi) is 16.0. The van der Waals surface area contributed by atoms with Gasteiger partial charge < -0.3 is 16.4 Å². The Morgan fingerprint density at radius 1 is 0.571 bits per heavy atom. The van der Waals surface area contributed by atoms with Gasteiger partial charge >= 0.3 is 0 Å². The van der Waals surface area contributed by atoms with Gasteiger partial charge in [0.15, 0.2) is 0 Å². The number of rotatable bonds is 4. The zero-order valence-electron chi connectivity index (χ0n) is 27.3. The van der Waals surface area contributed by atoms with Gasteiger partial charge in [-0.2, -0.15) is 0 Å². The summed E-state index contributed by atoms with van der Waals surface area (Å²) in [6.07, 6.45) is 0. The molecule has 0 atom stereocenters. The van der Waals surface area contributed by atoms with Crippen LogP contribution in [-0.2, 0) is 4.79 Å². The molecule has 5 nitrogen and oxygen atoms in total. The summed E-state index contributed by atoms with van der Waals surface area (Å²) >= 11 is 0. The minimum absolute atomic E-state index is 0.00521. The van der Waals surface area contributed by atoms with E-state index in [9.17, 15) is 4.79 Å². The van der Waals surface area contributed by atoms with Crippen molar-refractivity contribution in [2.24, 2.45) is 43.2 Å². The van der Waals surface area contributed by atoms with Crippen LogP contribution in [0.3, 0.4) is 0 Å².